The Kier molecular flexibility index (Phi) is 5.70. The Labute approximate surface area is 190 Å². The molecule has 5 rings (SSSR count). The minimum absolute atomic E-state index is 0.0460. The van der Waals surface area contributed by atoms with Crippen molar-refractivity contribution < 1.29 is 9.59 Å². The summed E-state index contributed by atoms with van der Waals surface area (Å²) in [6, 6.07) is 7.83. The van der Waals surface area contributed by atoms with E-state index in [9.17, 15) is 9.59 Å². The molecular weight excluding hydrogens is 428 g/mol. The van der Waals surface area contributed by atoms with Gasteiger partial charge in [0.15, 0.2) is 0 Å². The number of hydrogen-bond donors (Lipinski definition) is 4. The Bertz CT molecular complexity index is 1150. The van der Waals surface area contributed by atoms with E-state index >= 15 is 0 Å². The lowest BCUT2D eigenvalue weighted by atomic mass is 9.91. The molecule has 3 aromatic rings. The van der Waals surface area contributed by atoms with E-state index in [1.165, 1.54) is 0 Å². The number of rotatable bonds is 5. The number of hydrogen-bond acceptors (Lipinski definition) is 5. The molecule has 1 aliphatic heterocycles. The van der Waals surface area contributed by atoms with Crippen LogP contribution in [0.2, 0.25) is 5.15 Å². The van der Waals surface area contributed by atoms with Crippen molar-refractivity contribution in [3.8, 4) is 11.1 Å². The minimum Gasteiger partial charge on any atom is -0.367 e. The first-order valence-electron chi connectivity index (χ1n) is 11.0. The van der Waals surface area contributed by atoms with Crippen LogP contribution in [0.1, 0.15) is 38.5 Å². The van der Waals surface area contributed by atoms with Crippen molar-refractivity contribution in [2.75, 3.05) is 5.32 Å². The largest absolute Gasteiger partial charge is 0.367 e. The number of H-pyrrole nitrogens is 1. The Morgan fingerprint density at radius 3 is 2.72 bits per heavy atom. The normalized spacial score (nSPS) is 23.2. The summed E-state index contributed by atoms with van der Waals surface area (Å²) < 4.78 is 0. The van der Waals surface area contributed by atoms with Gasteiger partial charge in [0, 0.05) is 41.8 Å². The molecule has 1 aliphatic carbocycles. The summed E-state index contributed by atoms with van der Waals surface area (Å²) in [5, 5.41) is 10.8. The Morgan fingerprint density at radius 1 is 1.12 bits per heavy atom. The summed E-state index contributed by atoms with van der Waals surface area (Å²) in [6.07, 6.45) is 8.31. The maximum Gasteiger partial charge on any atom is 0.242 e. The lowest BCUT2D eigenvalue weighted by Crippen LogP contribution is -2.47. The van der Waals surface area contributed by atoms with Crippen LogP contribution in [-0.4, -0.2) is 44.9 Å². The molecule has 32 heavy (non-hydrogen) atoms. The predicted molar refractivity (Wildman–Crippen MR) is 123 cm³/mol. The zero-order chi connectivity index (χ0) is 22.1. The molecule has 0 radical (unpaired) electrons. The van der Waals surface area contributed by atoms with Gasteiger partial charge in [-0.15, -0.1) is 0 Å². The molecule has 4 heterocycles. The van der Waals surface area contributed by atoms with Crippen LogP contribution >= 0.6 is 11.6 Å². The summed E-state index contributed by atoms with van der Waals surface area (Å²) in [5.41, 5.74) is 2.85. The molecule has 2 amide bonds. The number of nitrogens with zero attached hydrogens (tertiary/aromatic N) is 2. The molecular formula is C23H25ClN6O2. The number of nitrogens with one attached hydrogen (secondary N) is 4. The van der Waals surface area contributed by atoms with E-state index in [1.807, 2.05) is 30.5 Å². The van der Waals surface area contributed by atoms with Crippen molar-refractivity contribution in [2.45, 2.75) is 56.7 Å². The molecule has 1 saturated heterocycles. The Balaban J connectivity index is 1.21. The number of pyridine rings is 2. The molecule has 0 bridgehead atoms. The number of fused-ring (bicyclic) bond motifs is 1. The summed E-state index contributed by atoms with van der Waals surface area (Å²) in [7, 11) is 0. The summed E-state index contributed by atoms with van der Waals surface area (Å²) in [6.45, 7) is 0. The zero-order valence-corrected chi connectivity index (χ0v) is 18.3. The fourth-order valence-electron chi connectivity index (χ4n) is 4.62. The van der Waals surface area contributed by atoms with Gasteiger partial charge in [-0.2, -0.15) is 0 Å². The lowest BCUT2D eigenvalue weighted by molar-refractivity contribution is -0.126. The van der Waals surface area contributed by atoms with Gasteiger partial charge in [0.2, 0.25) is 11.8 Å². The van der Waals surface area contributed by atoms with Gasteiger partial charge in [-0.05, 0) is 61.9 Å². The minimum atomic E-state index is -0.382. The number of halogens is 1. The molecule has 2 aliphatic rings. The van der Waals surface area contributed by atoms with Gasteiger partial charge in [-0.1, -0.05) is 11.6 Å². The number of carbonyl (C=O) groups excluding carboxylic acids is 2. The van der Waals surface area contributed by atoms with Crippen LogP contribution in [0.15, 0.2) is 36.7 Å². The van der Waals surface area contributed by atoms with Crippen molar-refractivity contribution in [3.63, 3.8) is 0 Å². The molecule has 0 unspecified atom stereocenters. The van der Waals surface area contributed by atoms with Crippen LogP contribution in [0.4, 0.5) is 5.82 Å². The highest BCUT2D eigenvalue weighted by Gasteiger charge is 2.30. The molecule has 3 aromatic heterocycles. The fourth-order valence-corrected chi connectivity index (χ4v) is 4.83. The van der Waals surface area contributed by atoms with Crippen molar-refractivity contribution >= 4 is 40.3 Å². The van der Waals surface area contributed by atoms with Gasteiger partial charge in [0.05, 0.1) is 0 Å². The Morgan fingerprint density at radius 2 is 1.94 bits per heavy atom. The quantitative estimate of drug-likeness (QED) is 0.443. The van der Waals surface area contributed by atoms with Crippen LogP contribution in [0, 0.1) is 0 Å². The maximum atomic E-state index is 12.3. The number of anilines is 1. The van der Waals surface area contributed by atoms with Gasteiger partial charge in [0.25, 0.3) is 0 Å². The van der Waals surface area contributed by atoms with E-state index in [-0.39, 0.29) is 29.9 Å². The highest BCUT2D eigenvalue weighted by atomic mass is 35.5. The van der Waals surface area contributed by atoms with Crippen molar-refractivity contribution in [1.29, 1.82) is 0 Å². The van der Waals surface area contributed by atoms with E-state index in [0.717, 1.165) is 53.7 Å². The van der Waals surface area contributed by atoms with E-state index in [1.54, 1.807) is 6.20 Å². The molecule has 0 aromatic carbocycles. The number of carbonyl (C=O) groups is 2. The maximum absolute atomic E-state index is 12.3. The highest BCUT2D eigenvalue weighted by Crippen LogP contribution is 2.31. The van der Waals surface area contributed by atoms with E-state index < -0.39 is 0 Å². The monoisotopic (exact) mass is 452 g/mol. The molecule has 9 heteroatoms. The summed E-state index contributed by atoms with van der Waals surface area (Å²) in [5.74, 6) is 0.629. The van der Waals surface area contributed by atoms with Gasteiger partial charge in [-0.3, -0.25) is 9.59 Å². The van der Waals surface area contributed by atoms with Crippen LogP contribution in [0.5, 0.6) is 0 Å². The molecule has 1 saturated carbocycles. The second-order valence-electron chi connectivity index (χ2n) is 8.53. The van der Waals surface area contributed by atoms with E-state index in [2.05, 4.69) is 30.9 Å². The van der Waals surface area contributed by atoms with E-state index in [4.69, 9.17) is 11.6 Å². The average Bonchev–Trinajstić information content (AvgIpc) is 3.41. The first-order chi connectivity index (χ1) is 15.5. The van der Waals surface area contributed by atoms with Gasteiger partial charge < -0.3 is 20.9 Å². The topological polar surface area (TPSA) is 112 Å². The fraction of sp³-hybridized carbons (Fsp3) is 0.391. The molecule has 166 valence electrons. The third kappa shape index (κ3) is 4.41. The molecule has 1 atom stereocenters. The number of aromatic nitrogens is 3. The van der Waals surface area contributed by atoms with Crippen molar-refractivity contribution in [1.82, 2.24) is 25.6 Å². The first-order valence-corrected chi connectivity index (χ1v) is 11.4. The van der Waals surface area contributed by atoms with Crippen molar-refractivity contribution in [2.24, 2.45) is 0 Å². The second-order valence-corrected chi connectivity index (χ2v) is 8.91. The summed E-state index contributed by atoms with van der Waals surface area (Å²) in [4.78, 5) is 35.7. The van der Waals surface area contributed by atoms with Crippen LogP contribution in [-0.2, 0) is 9.59 Å². The lowest BCUT2D eigenvalue weighted by Gasteiger charge is -2.30. The predicted octanol–water partition coefficient (Wildman–Crippen LogP) is 3.40. The van der Waals surface area contributed by atoms with Crippen LogP contribution in [0.25, 0.3) is 22.2 Å². The highest BCUT2D eigenvalue weighted by molar-refractivity contribution is 6.29. The number of aromatic amines is 1. The summed E-state index contributed by atoms with van der Waals surface area (Å²) >= 11 is 6.33. The molecule has 0 spiro atoms. The van der Waals surface area contributed by atoms with E-state index in [0.29, 0.717) is 18.0 Å². The number of amides is 2. The van der Waals surface area contributed by atoms with Crippen LogP contribution in [0.3, 0.4) is 0 Å². The second kappa shape index (κ2) is 8.78. The smallest absolute Gasteiger partial charge is 0.242 e. The van der Waals surface area contributed by atoms with Gasteiger partial charge in [0.1, 0.15) is 22.7 Å². The van der Waals surface area contributed by atoms with Crippen LogP contribution < -0.4 is 16.0 Å². The van der Waals surface area contributed by atoms with Gasteiger partial charge >= 0.3 is 0 Å². The standard InChI is InChI=1S/C23H25ClN6O2/c24-19-10-13(17-12-26-22-16(17)2-1-9-25-22)11-20(30-19)27-14-3-5-15(6-4-14)28-23(32)18-7-8-21(31)29-18/h1-2,9-12,14-15,18H,3-8H2,(H,25,26)(H,27,30)(H,28,32)(H,29,31)/t14-,15-,18-/m0/s1. The molecule has 2 fully saturated rings. The Hall–Kier alpha value is -3.13. The molecule has 8 nitrogen and oxygen atoms in total. The third-order valence-electron chi connectivity index (χ3n) is 6.29. The average molecular weight is 453 g/mol. The zero-order valence-electron chi connectivity index (χ0n) is 17.5. The SMILES string of the molecule is O=C1CC[C@@H](C(=O)N[C@H]2CC[C@H](Nc3cc(-c4c[nH]c5ncccc45)cc(Cl)n3)CC2)N1. The first kappa shape index (κ1) is 20.8. The van der Waals surface area contributed by atoms with Gasteiger partial charge in [-0.25, -0.2) is 9.97 Å². The molecule has 4 N–H and O–H groups in total. The third-order valence-corrected chi connectivity index (χ3v) is 6.49. The van der Waals surface area contributed by atoms with Crippen molar-refractivity contribution in [3.05, 3.63) is 41.8 Å².